The molecular formula is C11H13N5O2. The molecule has 0 atom stereocenters. The quantitative estimate of drug-likeness (QED) is 0.811. The molecule has 7 nitrogen and oxygen atoms in total. The van der Waals surface area contributed by atoms with Gasteiger partial charge in [-0.1, -0.05) is 5.21 Å². The molecule has 2 rings (SSSR count). The summed E-state index contributed by atoms with van der Waals surface area (Å²) >= 11 is 0. The Kier molecular flexibility index (Phi) is 3.52. The van der Waals surface area contributed by atoms with Crippen molar-refractivity contribution in [2.24, 2.45) is 0 Å². The molecule has 0 spiro atoms. The normalized spacial score (nSPS) is 10.3. The molecule has 2 aromatic heterocycles. The first kappa shape index (κ1) is 12.0. The van der Waals surface area contributed by atoms with Crippen LogP contribution in [0.5, 0.6) is 0 Å². The zero-order valence-corrected chi connectivity index (χ0v) is 9.87. The summed E-state index contributed by atoms with van der Waals surface area (Å²) in [5, 5.41) is 19.2. The van der Waals surface area contributed by atoms with E-state index in [-0.39, 0.29) is 5.69 Å². The molecule has 2 N–H and O–H groups in total. The topological polar surface area (TPSA) is 92.9 Å². The van der Waals surface area contributed by atoms with E-state index in [1.165, 1.54) is 10.9 Å². The number of pyridine rings is 1. The lowest BCUT2D eigenvalue weighted by Crippen LogP contribution is -2.11. The van der Waals surface area contributed by atoms with Crippen molar-refractivity contribution in [2.75, 3.05) is 11.9 Å². The van der Waals surface area contributed by atoms with Gasteiger partial charge in [0.05, 0.1) is 12.7 Å². The first-order chi connectivity index (χ1) is 8.66. The van der Waals surface area contributed by atoms with Crippen LogP contribution in [0.3, 0.4) is 0 Å². The van der Waals surface area contributed by atoms with Gasteiger partial charge in [-0.3, -0.25) is 4.98 Å². The van der Waals surface area contributed by atoms with Crippen LogP contribution in [0.4, 0.5) is 5.69 Å². The van der Waals surface area contributed by atoms with E-state index in [1.54, 1.807) is 12.4 Å². The zero-order chi connectivity index (χ0) is 13.0. The molecule has 0 amide bonds. The average Bonchev–Trinajstić information content (AvgIpc) is 2.80. The fourth-order valence-corrected chi connectivity index (χ4v) is 1.48. The van der Waals surface area contributed by atoms with Crippen LogP contribution in [-0.4, -0.2) is 37.6 Å². The van der Waals surface area contributed by atoms with E-state index in [4.69, 9.17) is 5.11 Å². The van der Waals surface area contributed by atoms with Gasteiger partial charge in [-0.2, -0.15) is 0 Å². The van der Waals surface area contributed by atoms with Crippen LogP contribution in [0.25, 0.3) is 0 Å². The number of anilines is 1. The highest BCUT2D eigenvalue weighted by molar-refractivity contribution is 5.84. The molecule has 0 saturated carbocycles. The number of aromatic carboxylic acids is 1. The van der Waals surface area contributed by atoms with E-state index in [0.717, 1.165) is 11.3 Å². The maximum atomic E-state index is 10.6. The van der Waals surface area contributed by atoms with Gasteiger partial charge in [-0.05, 0) is 18.6 Å². The molecule has 0 aliphatic carbocycles. The highest BCUT2D eigenvalue weighted by atomic mass is 16.4. The number of nitrogens with zero attached hydrogens (tertiary/aromatic N) is 4. The first-order valence-electron chi connectivity index (χ1n) is 5.45. The number of aryl methyl sites for hydroxylation is 1. The number of carboxylic acids is 1. The van der Waals surface area contributed by atoms with Gasteiger partial charge in [0.25, 0.3) is 0 Å². The van der Waals surface area contributed by atoms with Crippen molar-refractivity contribution in [3.8, 4) is 0 Å². The van der Waals surface area contributed by atoms with Crippen LogP contribution in [-0.2, 0) is 6.54 Å². The van der Waals surface area contributed by atoms with Gasteiger partial charge in [0, 0.05) is 24.6 Å². The summed E-state index contributed by atoms with van der Waals surface area (Å²) in [6, 6.07) is 1.89. The molecule has 18 heavy (non-hydrogen) atoms. The minimum Gasteiger partial charge on any atom is -0.476 e. The Morgan fingerprint density at radius 1 is 1.56 bits per heavy atom. The highest BCUT2D eigenvalue weighted by Gasteiger charge is 2.07. The van der Waals surface area contributed by atoms with Crippen molar-refractivity contribution < 1.29 is 9.90 Å². The Morgan fingerprint density at radius 2 is 2.39 bits per heavy atom. The van der Waals surface area contributed by atoms with E-state index in [9.17, 15) is 4.79 Å². The number of rotatable bonds is 5. The van der Waals surface area contributed by atoms with Crippen molar-refractivity contribution in [3.05, 3.63) is 35.9 Å². The molecule has 2 heterocycles. The van der Waals surface area contributed by atoms with Crippen molar-refractivity contribution in [1.82, 2.24) is 20.0 Å². The summed E-state index contributed by atoms with van der Waals surface area (Å²) in [5.74, 6) is -1.07. The van der Waals surface area contributed by atoms with Crippen LogP contribution >= 0.6 is 0 Å². The van der Waals surface area contributed by atoms with Crippen LogP contribution in [0.1, 0.15) is 16.1 Å². The van der Waals surface area contributed by atoms with Gasteiger partial charge in [0.1, 0.15) is 0 Å². The third-order valence-electron chi connectivity index (χ3n) is 2.43. The highest BCUT2D eigenvalue weighted by Crippen LogP contribution is 2.10. The predicted molar refractivity (Wildman–Crippen MR) is 64.4 cm³/mol. The Labute approximate surface area is 103 Å². The van der Waals surface area contributed by atoms with Crippen LogP contribution in [0, 0.1) is 6.92 Å². The fraction of sp³-hybridized carbons (Fsp3) is 0.273. The van der Waals surface area contributed by atoms with Crippen molar-refractivity contribution in [1.29, 1.82) is 0 Å². The molecule has 2 aromatic rings. The minimum atomic E-state index is -1.07. The smallest absolute Gasteiger partial charge is 0.358 e. The standard InChI is InChI=1S/C11H13N5O2/c1-8-6-12-3-2-9(8)13-4-5-16-7-10(11(17)18)14-15-16/h2-3,6-7H,4-5H2,1H3,(H,12,13)(H,17,18). The van der Waals surface area contributed by atoms with Gasteiger partial charge in [0.2, 0.25) is 0 Å². The van der Waals surface area contributed by atoms with Gasteiger partial charge in [-0.25, -0.2) is 9.48 Å². The molecule has 0 aliphatic heterocycles. The molecule has 0 unspecified atom stereocenters. The summed E-state index contributed by atoms with van der Waals surface area (Å²) in [7, 11) is 0. The molecule has 0 aliphatic rings. The number of nitrogens with one attached hydrogen (secondary N) is 1. The second-order valence-corrected chi connectivity index (χ2v) is 3.79. The zero-order valence-electron chi connectivity index (χ0n) is 9.87. The third-order valence-corrected chi connectivity index (χ3v) is 2.43. The second kappa shape index (κ2) is 5.26. The minimum absolute atomic E-state index is 0.0462. The maximum Gasteiger partial charge on any atom is 0.358 e. The van der Waals surface area contributed by atoms with Crippen LogP contribution < -0.4 is 5.32 Å². The number of hydrogen-bond acceptors (Lipinski definition) is 5. The second-order valence-electron chi connectivity index (χ2n) is 3.79. The SMILES string of the molecule is Cc1cnccc1NCCn1cc(C(=O)O)nn1. The Bertz CT molecular complexity index is 552. The average molecular weight is 247 g/mol. The monoisotopic (exact) mass is 247 g/mol. The molecular weight excluding hydrogens is 234 g/mol. The predicted octanol–water partition coefficient (Wildman–Crippen LogP) is 0.792. The largest absolute Gasteiger partial charge is 0.476 e. The van der Waals surface area contributed by atoms with Crippen LogP contribution in [0.2, 0.25) is 0 Å². The van der Waals surface area contributed by atoms with E-state index < -0.39 is 5.97 Å². The number of carbonyl (C=O) groups is 1. The van der Waals surface area contributed by atoms with Crippen molar-refractivity contribution >= 4 is 11.7 Å². The maximum absolute atomic E-state index is 10.6. The molecule has 7 heteroatoms. The number of aromatic nitrogens is 4. The fourth-order valence-electron chi connectivity index (χ4n) is 1.48. The number of hydrogen-bond donors (Lipinski definition) is 2. The van der Waals surface area contributed by atoms with Crippen LogP contribution in [0.15, 0.2) is 24.7 Å². The Balaban J connectivity index is 1.88. The van der Waals surface area contributed by atoms with Gasteiger partial charge in [-0.15, -0.1) is 5.10 Å². The van der Waals surface area contributed by atoms with Crippen molar-refractivity contribution in [3.63, 3.8) is 0 Å². The molecule has 0 saturated heterocycles. The first-order valence-corrected chi connectivity index (χ1v) is 5.45. The molecule has 0 radical (unpaired) electrons. The molecule has 0 bridgehead atoms. The summed E-state index contributed by atoms with van der Waals surface area (Å²) < 4.78 is 1.49. The Morgan fingerprint density at radius 3 is 3.06 bits per heavy atom. The van der Waals surface area contributed by atoms with E-state index in [0.29, 0.717) is 13.1 Å². The molecule has 0 fully saturated rings. The lowest BCUT2D eigenvalue weighted by atomic mass is 10.2. The van der Waals surface area contributed by atoms with Crippen molar-refractivity contribution in [2.45, 2.75) is 13.5 Å². The lowest BCUT2D eigenvalue weighted by molar-refractivity contribution is 0.0690. The van der Waals surface area contributed by atoms with Gasteiger partial charge >= 0.3 is 5.97 Å². The molecule has 0 aromatic carbocycles. The summed E-state index contributed by atoms with van der Waals surface area (Å²) in [6.45, 7) is 3.14. The number of carboxylic acid groups (broad SMARTS) is 1. The van der Waals surface area contributed by atoms with Gasteiger partial charge in [0.15, 0.2) is 5.69 Å². The van der Waals surface area contributed by atoms with E-state index in [1.807, 2.05) is 13.0 Å². The summed E-state index contributed by atoms with van der Waals surface area (Å²) in [6.07, 6.45) is 4.90. The third kappa shape index (κ3) is 2.82. The summed E-state index contributed by atoms with van der Waals surface area (Å²) in [4.78, 5) is 14.6. The molecule has 94 valence electrons. The van der Waals surface area contributed by atoms with E-state index >= 15 is 0 Å². The lowest BCUT2D eigenvalue weighted by Gasteiger charge is -2.08. The Hall–Kier alpha value is -2.44. The van der Waals surface area contributed by atoms with E-state index in [2.05, 4.69) is 20.6 Å². The van der Waals surface area contributed by atoms with Gasteiger partial charge < -0.3 is 10.4 Å². The summed E-state index contributed by atoms with van der Waals surface area (Å²) in [5.41, 5.74) is 2.01.